The number of furan rings is 1. The zero-order valence-electron chi connectivity index (χ0n) is 33.1. The highest BCUT2D eigenvalue weighted by molar-refractivity contribution is 6.93. The van der Waals surface area contributed by atoms with E-state index in [1.165, 1.54) is 83.9 Å². The normalized spacial score (nSPS) is 14.6. The maximum absolute atomic E-state index is 6.60. The minimum absolute atomic E-state index is 0.0347. The van der Waals surface area contributed by atoms with Crippen LogP contribution in [0.5, 0.6) is 0 Å². The Kier molecular flexibility index (Phi) is 6.83. The summed E-state index contributed by atoms with van der Waals surface area (Å²) in [6.07, 6.45) is 0. The number of hydrogen-bond acceptors (Lipinski definition) is 3. The van der Waals surface area contributed by atoms with Crippen LogP contribution in [0.3, 0.4) is 0 Å². The third-order valence-corrected chi connectivity index (χ3v) is 13.1. The van der Waals surface area contributed by atoms with Crippen LogP contribution in [-0.2, 0) is 10.8 Å². The van der Waals surface area contributed by atoms with E-state index in [9.17, 15) is 0 Å². The molecule has 0 amide bonds. The lowest BCUT2D eigenvalue weighted by molar-refractivity contribution is 0.590. The summed E-state index contributed by atoms with van der Waals surface area (Å²) in [6, 6.07) is 65.8. The predicted molar refractivity (Wildman–Crippen MR) is 243 cm³/mol. The standard InChI is InChI=1S/C54H41BN2O/c1-34-30-42-40-33-50-41(39-20-11-14-25-49(39)58-50)32-47(40)57(38-28-26-35(27-29-38)53(2,3)4)55-45-23-15-22-44-52(45)56(48(31-34)51(42)55)46-24-13-12-21-43(46)54(44,36-16-7-5-8-17-36)37-18-9-6-10-19-37/h5-33H,1-4H3. The molecule has 3 nitrogen and oxygen atoms in total. The summed E-state index contributed by atoms with van der Waals surface area (Å²) in [5.41, 5.74) is 20.1. The van der Waals surface area contributed by atoms with Crippen LogP contribution in [0.4, 0.5) is 28.4 Å². The molecule has 9 aromatic rings. The van der Waals surface area contributed by atoms with E-state index in [0.717, 1.165) is 21.9 Å². The van der Waals surface area contributed by atoms with Gasteiger partial charge in [-0.2, -0.15) is 0 Å². The molecule has 0 bridgehead atoms. The van der Waals surface area contributed by atoms with Gasteiger partial charge in [0.25, 0.3) is 0 Å². The van der Waals surface area contributed by atoms with Gasteiger partial charge in [-0.15, -0.1) is 0 Å². The maximum atomic E-state index is 6.60. The first-order chi connectivity index (χ1) is 28.3. The summed E-state index contributed by atoms with van der Waals surface area (Å²) in [5.74, 6) is 0. The van der Waals surface area contributed by atoms with Crippen molar-refractivity contribution >= 4 is 68.1 Å². The summed E-state index contributed by atoms with van der Waals surface area (Å²) in [5, 5.41) is 2.27. The number of anilines is 5. The smallest absolute Gasteiger partial charge is 0.333 e. The Balaban J connectivity index is 1.23. The van der Waals surface area contributed by atoms with Crippen molar-refractivity contribution in [2.45, 2.75) is 38.5 Å². The number of para-hydroxylation sites is 3. The van der Waals surface area contributed by atoms with Crippen molar-refractivity contribution in [1.82, 2.24) is 0 Å². The first-order valence-corrected chi connectivity index (χ1v) is 20.5. The molecule has 276 valence electrons. The molecule has 1 aromatic heterocycles. The van der Waals surface area contributed by atoms with Gasteiger partial charge in [-0.3, -0.25) is 0 Å². The highest BCUT2D eigenvalue weighted by Gasteiger charge is 2.53. The monoisotopic (exact) mass is 744 g/mol. The highest BCUT2D eigenvalue weighted by atomic mass is 16.3. The Bertz CT molecular complexity index is 3080. The van der Waals surface area contributed by atoms with Crippen molar-refractivity contribution < 1.29 is 4.42 Å². The Morgan fingerprint density at radius 2 is 1.21 bits per heavy atom. The summed E-state index contributed by atoms with van der Waals surface area (Å²) in [6.45, 7) is 9.02. The van der Waals surface area contributed by atoms with E-state index in [-0.39, 0.29) is 12.3 Å². The second-order valence-electron chi connectivity index (χ2n) is 17.4. The molecule has 0 aliphatic carbocycles. The van der Waals surface area contributed by atoms with Crippen LogP contribution in [0.1, 0.15) is 54.2 Å². The van der Waals surface area contributed by atoms with Crippen molar-refractivity contribution in [3.8, 4) is 11.1 Å². The molecule has 0 N–H and O–H groups in total. The van der Waals surface area contributed by atoms with E-state index in [0.29, 0.717) is 0 Å². The molecule has 58 heavy (non-hydrogen) atoms. The van der Waals surface area contributed by atoms with Crippen LogP contribution < -0.4 is 20.6 Å². The minimum atomic E-state index is -0.557. The predicted octanol–water partition coefficient (Wildman–Crippen LogP) is 12.6. The zero-order valence-corrected chi connectivity index (χ0v) is 33.1. The van der Waals surface area contributed by atoms with Crippen LogP contribution in [0.2, 0.25) is 0 Å². The topological polar surface area (TPSA) is 19.6 Å². The Morgan fingerprint density at radius 1 is 0.534 bits per heavy atom. The summed E-state index contributed by atoms with van der Waals surface area (Å²) >= 11 is 0. The van der Waals surface area contributed by atoms with Crippen molar-refractivity contribution in [2.24, 2.45) is 0 Å². The lowest BCUT2D eigenvalue weighted by Gasteiger charge is -2.52. The Labute approximate surface area is 339 Å². The first-order valence-electron chi connectivity index (χ1n) is 20.5. The average Bonchev–Trinajstić information content (AvgIpc) is 3.62. The fourth-order valence-electron chi connectivity index (χ4n) is 10.6. The molecule has 4 heterocycles. The molecule has 0 saturated heterocycles. The fourth-order valence-corrected chi connectivity index (χ4v) is 10.6. The number of benzene rings is 8. The molecule has 3 aliphatic heterocycles. The number of nitrogens with zero attached hydrogens (tertiary/aromatic N) is 2. The van der Waals surface area contributed by atoms with E-state index >= 15 is 0 Å². The molecule has 0 spiro atoms. The molecule has 3 aliphatic rings. The quantitative estimate of drug-likeness (QED) is 0.168. The van der Waals surface area contributed by atoms with E-state index in [2.05, 4.69) is 213 Å². The number of aryl methyl sites for hydroxylation is 1. The second-order valence-corrected chi connectivity index (χ2v) is 17.4. The third-order valence-electron chi connectivity index (χ3n) is 13.1. The SMILES string of the molecule is Cc1cc2c3c(c1)N1c4ccccc4C(c4ccccc4)(c4ccccc4)c4cccc(c41)B3N(c1ccc(C(C)(C)C)cc1)c1cc3c(cc1-2)oc1ccccc13. The largest absolute Gasteiger partial charge is 0.456 e. The van der Waals surface area contributed by atoms with Gasteiger partial charge in [0, 0.05) is 39.1 Å². The summed E-state index contributed by atoms with van der Waals surface area (Å²) < 4.78 is 6.60. The van der Waals surface area contributed by atoms with Gasteiger partial charge in [-0.05, 0) is 105 Å². The Morgan fingerprint density at radius 3 is 1.95 bits per heavy atom. The minimum Gasteiger partial charge on any atom is -0.456 e. The molecule has 4 heteroatoms. The van der Waals surface area contributed by atoms with Gasteiger partial charge in [-0.1, -0.05) is 154 Å². The second kappa shape index (κ2) is 11.9. The van der Waals surface area contributed by atoms with Crippen molar-refractivity contribution in [2.75, 3.05) is 9.71 Å². The van der Waals surface area contributed by atoms with Crippen LogP contribution in [0, 0.1) is 6.92 Å². The van der Waals surface area contributed by atoms with E-state index < -0.39 is 5.41 Å². The van der Waals surface area contributed by atoms with Gasteiger partial charge in [0.2, 0.25) is 0 Å². The highest BCUT2D eigenvalue weighted by Crippen LogP contribution is 2.59. The van der Waals surface area contributed by atoms with Gasteiger partial charge in [0.05, 0.1) is 11.1 Å². The maximum Gasteiger partial charge on any atom is 0.333 e. The third kappa shape index (κ3) is 4.40. The van der Waals surface area contributed by atoms with Gasteiger partial charge in [-0.25, -0.2) is 0 Å². The van der Waals surface area contributed by atoms with Crippen molar-refractivity contribution in [3.63, 3.8) is 0 Å². The zero-order chi connectivity index (χ0) is 38.9. The summed E-state index contributed by atoms with van der Waals surface area (Å²) in [7, 11) is 0. The molecule has 0 radical (unpaired) electrons. The molecule has 0 saturated carbocycles. The van der Waals surface area contributed by atoms with E-state index in [4.69, 9.17) is 4.42 Å². The molecule has 8 aromatic carbocycles. The van der Waals surface area contributed by atoms with Gasteiger partial charge >= 0.3 is 6.85 Å². The van der Waals surface area contributed by atoms with Crippen LogP contribution in [0.25, 0.3) is 33.1 Å². The number of rotatable bonds is 3. The van der Waals surface area contributed by atoms with E-state index in [1.54, 1.807) is 0 Å². The van der Waals surface area contributed by atoms with Gasteiger partial charge in [0.15, 0.2) is 0 Å². The lowest BCUT2D eigenvalue weighted by Crippen LogP contribution is -2.62. The van der Waals surface area contributed by atoms with Crippen molar-refractivity contribution in [3.05, 3.63) is 209 Å². The molecule has 0 unspecified atom stereocenters. The molecule has 0 atom stereocenters. The van der Waals surface area contributed by atoms with Crippen LogP contribution >= 0.6 is 0 Å². The molecular weight excluding hydrogens is 703 g/mol. The lowest BCUT2D eigenvalue weighted by atomic mass is 9.42. The van der Waals surface area contributed by atoms with Crippen molar-refractivity contribution in [1.29, 1.82) is 0 Å². The van der Waals surface area contributed by atoms with E-state index in [1.807, 2.05) is 0 Å². The number of hydrogen-bond donors (Lipinski definition) is 0. The molecular formula is C54H41BN2O. The molecule has 0 fully saturated rings. The van der Waals surface area contributed by atoms with Gasteiger partial charge < -0.3 is 14.1 Å². The first kappa shape index (κ1) is 33.4. The fraction of sp³-hybridized carbons (Fsp3) is 0.111. The van der Waals surface area contributed by atoms with Crippen LogP contribution in [-0.4, -0.2) is 6.85 Å². The van der Waals surface area contributed by atoms with Gasteiger partial charge in [0.1, 0.15) is 11.2 Å². The Hall–Kier alpha value is -6.78. The molecule has 12 rings (SSSR count). The number of fused-ring (bicyclic) bond motifs is 9. The van der Waals surface area contributed by atoms with Crippen LogP contribution in [0.15, 0.2) is 180 Å². The average molecular weight is 745 g/mol. The summed E-state index contributed by atoms with van der Waals surface area (Å²) in [4.78, 5) is 5.22.